The van der Waals surface area contributed by atoms with Crippen LogP contribution in [0, 0.1) is 0 Å². The third-order valence-corrected chi connectivity index (χ3v) is 5.43. The summed E-state index contributed by atoms with van der Waals surface area (Å²) in [5.74, 6) is -0.838. The molecule has 0 unspecified atom stereocenters. The summed E-state index contributed by atoms with van der Waals surface area (Å²) in [6.45, 7) is 1.10. The molecule has 7 nitrogen and oxygen atoms in total. The van der Waals surface area contributed by atoms with Crippen molar-refractivity contribution in [3.63, 3.8) is 0 Å². The van der Waals surface area contributed by atoms with Crippen LogP contribution in [0.4, 0.5) is 5.13 Å². The first-order valence-corrected chi connectivity index (χ1v) is 8.73. The molecule has 1 aromatic rings. The highest BCUT2D eigenvalue weighted by Crippen LogP contribution is 2.21. The maximum Gasteiger partial charge on any atom is 0.303 e. The van der Waals surface area contributed by atoms with Crippen molar-refractivity contribution in [1.29, 1.82) is 0 Å². The molecule has 0 aromatic carbocycles. The van der Waals surface area contributed by atoms with Gasteiger partial charge in [-0.3, -0.25) is 4.79 Å². The maximum atomic E-state index is 12.0. The summed E-state index contributed by atoms with van der Waals surface area (Å²) in [6.07, 6.45) is 2.90. The van der Waals surface area contributed by atoms with E-state index in [-0.39, 0.29) is 6.42 Å². The van der Waals surface area contributed by atoms with E-state index < -0.39 is 16.2 Å². The predicted molar refractivity (Wildman–Crippen MR) is 76.0 cm³/mol. The van der Waals surface area contributed by atoms with Gasteiger partial charge in [0.1, 0.15) is 0 Å². The predicted octanol–water partition coefficient (Wildman–Crippen LogP) is 1.30. The van der Waals surface area contributed by atoms with E-state index in [2.05, 4.69) is 9.71 Å². The van der Waals surface area contributed by atoms with Gasteiger partial charge >= 0.3 is 16.2 Å². The van der Waals surface area contributed by atoms with E-state index in [0.717, 1.165) is 18.5 Å². The molecule has 0 radical (unpaired) electrons. The molecule has 112 valence electrons. The van der Waals surface area contributed by atoms with Gasteiger partial charge in [-0.15, -0.1) is 11.3 Å². The van der Waals surface area contributed by atoms with E-state index in [1.54, 1.807) is 5.38 Å². The lowest BCUT2D eigenvalue weighted by molar-refractivity contribution is -0.137. The van der Waals surface area contributed by atoms with Gasteiger partial charge in [0.25, 0.3) is 0 Å². The van der Waals surface area contributed by atoms with Gasteiger partial charge in [-0.1, -0.05) is 0 Å². The Labute approximate surface area is 121 Å². The highest BCUT2D eigenvalue weighted by molar-refractivity contribution is 7.90. The van der Waals surface area contributed by atoms with E-state index in [4.69, 9.17) is 5.11 Å². The summed E-state index contributed by atoms with van der Waals surface area (Å²) < 4.78 is 27.9. The topological polar surface area (TPSA) is 99.6 Å². The van der Waals surface area contributed by atoms with Crippen LogP contribution < -0.4 is 4.72 Å². The van der Waals surface area contributed by atoms with Crippen molar-refractivity contribution in [1.82, 2.24) is 9.29 Å². The average molecular weight is 319 g/mol. The minimum Gasteiger partial charge on any atom is -0.481 e. The number of carbonyl (C=O) groups is 1. The van der Waals surface area contributed by atoms with Gasteiger partial charge in [-0.05, 0) is 25.7 Å². The van der Waals surface area contributed by atoms with Gasteiger partial charge in [0.15, 0.2) is 5.13 Å². The first-order chi connectivity index (χ1) is 9.47. The number of hydrogen-bond donors (Lipinski definition) is 2. The Kier molecular flexibility index (Phi) is 4.95. The van der Waals surface area contributed by atoms with Gasteiger partial charge in [0, 0.05) is 24.9 Å². The lowest BCUT2D eigenvalue weighted by Crippen LogP contribution is -2.33. The molecule has 1 fully saturated rings. The van der Waals surface area contributed by atoms with Crippen LogP contribution in [-0.4, -0.2) is 41.9 Å². The van der Waals surface area contributed by atoms with Crippen LogP contribution in [0.25, 0.3) is 0 Å². The smallest absolute Gasteiger partial charge is 0.303 e. The number of aryl methyl sites for hydroxylation is 1. The number of aliphatic carboxylic acids is 1. The van der Waals surface area contributed by atoms with Gasteiger partial charge in [0.05, 0.1) is 5.69 Å². The molecule has 2 heterocycles. The number of nitrogens with zero attached hydrogens (tertiary/aromatic N) is 2. The number of thiazole rings is 1. The molecular weight excluding hydrogens is 302 g/mol. The number of anilines is 1. The number of nitrogens with one attached hydrogen (secondary N) is 1. The Morgan fingerprint density at radius 1 is 1.45 bits per heavy atom. The maximum absolute atomic E-state index is 12.0. The third-order valence-electron chi connectivity index (χ3n) is 3.00. The molecule has 0 amide bonds. The second kappa shape index (κ2) is 6.51. The van der Waals surface area contributed by atoms with Crippen LogP contribution in [0.5, 0.6) is 0 Å². The average Bonchev–Trinajstić information content (AvgIpc) is 2.99. The van der Waals surface area contributed by atoms with Gasteiger partial charge < -0.3 is 5.11 Å². The number of carboxylic acid groups (broad SMARTS) is 1. The zero-order valence-corrected chi connectivity index (χ0v) is 12.5. The van der Waals surface area contributed by atoms with Gasteiger partial charge in [-0.25, -0.2) is 9.71 Å². The van der Waals surface area contributed by atoms with E-state index in [1.807, 2.05) is 0 Å². The standard InChI is InChI=1S/C11H17N3O4S2/c15-10(16)5-3-4-9-8-19-11(12-9)13-20(17,18)14-6-1-2-7-14/h8H,1-7H2,(H,12,13)(H,15,16). The van der Waals surface area contributed by atoms with Crippen LogP contribution in [0.15, 0.2) is 5.38 Å². The minimum atomic E-state index is -3.50. The second-order valence-electron chi connectivity index (χ2n) is 4.60. The lowest BCUT2D eigenvalue weighted by atomic mass is 10.2. The molecule has 20 heavy (non-hydrogen) atoms. The zero-order chi connectivity index (χ0) is 14.6. The summed E-state index contributed by atoms with van der Waals surface area (Å²) in [6, 6.07) is 0. The molecule has 2 rings (SSSR count). The number of rotatable bonds is 7. The van der Waals surface area contributed by atoms with Crippen molar-refractivity contribution in [3.05, 3.63) is 11.1 Å². The Bertz CT molecular complexity index is 564. The van der Waals surface area contributed by atoms with Crippen LogP contribution in [-0.2, 0) is 21.4 Å². The molecule has 0 saturated carbocycles. The van der Waals surface area contributed by atoms with Crippen LogP contribution in [0.2, 0.25) is 0 Å². The molecule has 1 aliphatic rings. The lowest BCUT2D eigenvalue weighted by Gasteiger charge is -2.14. The molecule has 0 aliphatic carbocycles. The normalized spacial score (nSPS) is 16.4. The fraction of sp³-hybridized carbons (Fsp3) is 0.636. The molecule has 9 heteroatoms. The van der Waals surface area contributed by atoms with Crippen molar-refractivity contribution < 1.29 is 18.3 Å². The number of carboxylic acids is 1. The van der Waals surface area contributed by atoms with E-state index >= 15 is 0 Å². The molecular formula is C11H17N3O4S2. The first-order valence-electron chi connectivity index (χ1n) is 6.41. The molecule has 1 aromatic heterocycles. The van der Waals surface area contributed by atoms with Crippen LogP contribution >= 0.6 is 11.3 Å². The third kappa shape index (κ3) is 4.15. The van der Waals surface area contributed by atoms with Crippen molar-refractivity contribution in [2.45, 2.75) is 32.1 Å². The Hall–Kier alpha value is -1.19. The Morgan fingerprint density at radius 3 is 2.80 bits per heavy atom. The van der Waals surface area contributed by atoms with Crippen molar-refractivity contribution in [3.8, 4) is 0 Å². The first kappa shape index (κ1) is 15.2. The molecule has 1 saturated heterocycles. The summed E-state index contributed by atoms with van der Waals surface area (Å²) in [7, 11) is -3.50. The van der Waals surface area contributed by atoms with E-state index in [1.165, 1.54) is 15.6 Å². The van der Waals surface area contributed by atoms with Crippen molar-refractivity contribution >= 4 is 32.6 Å². The minimum absolute atomic E-state index is 0.0896. The molecule has 1 aliphatic heterocycles. The molecule has 2 N–H and O–H groups in total. The SMILES string of the molecule is O=C(O)CCCc1csc(NS(=O)(=O)N2CCCC2)n1. The van der Waals surface area contributed by atoms with Crippen molar-refractivity contribution in [2.24, 2.45) is 0 Å². The second-order valence-corrected chi connectivity index (χ2v) is 7.13. The number of aromatic nitrogens is 1. The van der Waals surface area contributed by atoms with Gasteiger partial charge in [-0.2, -0.15) is 12.7 Å². The summed E-state index contributed by atoms with van der Waals surface area (Å²) >= 11 is 1.22. The quantitative estimate of drug-likeness (QED) is 0.789. The number of hydrogen-bond acceptors (Lipinski definition) is 5. The summed E-state index contributed by atoms with van der Waals surface area (Å²) in [4.78, 5) is 14.6. The Morgan fingerprint density at radius 2 is 2.15 bits per heavy atom. The monoisotopic (exact) mass is 319 g/mol. The molecule has 0 spiro atoms. The zero-order valence-electron chi connectivity index (χ0n) is 10.9. The fourth-order valence-corrected chi connectivity index (χ4v) is 4.22. The summed E-state index contributed by atoms with van der Waals surface area (Å²) in [5.41, 5.74) is 0.718. The highest BCUT2D eigenvalue weighted by atomic mass is 32.2. The van der Waals surface area contributed by atoms with E-state index in [9.17, 15) is 13.2 Å². The van der Waals surface area contributed by atoms with Crippen LogP contribution in [0.1, 0.15) is 31.4 Å². The Balaban J connectivity index is 1.90. The largest absolute Gasteiger partial charge is 0.481 e. The van der Waals surface area contributed by atoms with Gasteiger partial charge in [0.2, 0.25) is 0 Å². The fourth-order valence-electron chi connectivity index (χ4n) is 1.99. The summed E-state index contributed by atoms with van der Waals surface area (Å²) in [5, 5.41) is 10.6. The van der Waals surface area contributed by atoms with Crippen LogP contribution in [0.3, 0.4) is 0 Å². The molecule has 0 atom stereocenters. The highest BCUT2D eigenvalue weighted by Gasteiger charge is 2.25. The van der Waals surface area contributed by atoms with Crippen molar-refractivity contribution in [2.75, 3.05) is 17.8 Å². The molecule has 0 bridgehead atoms. The van der Waals surface area contributed by atoms with E-state index in [0.29, 0.717) is 31.1 Å².